The third kappa shape index (κ3) is 3.74. The van der Waals surface area contributed by atoms with Crippen molar-refractivity contribution in [2.45, 2.75) is 19.4 Å². The van der Waals surface area contributed by atoms with E-state index in [4.69, 9.17) is 5.11 Å². The minimum atomic E-state index is -0.135. The number of carbonyl (C=O) groups is 1. The average molecular weight is 163 g/mol. The minimum Gasteiger partial charge on any atom is -0.394 e. The van der Waals surface area contributed by atoms with Crippen molar-refractivity contribution in [1.29, 1.82) is 0 Å². The van der Waals surface area contributed by atoms with E-state index in [0.717, 1.165) is 6.42 Å². The third-order valence-electron chi connectivity index (χ3n) is 1.22. The summed E-state index contributed by atoms with van der Waals surface area (Å²) in [4.78, 5) is 10.6. The van der Waals surface area contributed by atoms with Crippen LogP contribution in [0.4, 0.5) is 0 Å². The molecule has 4 heteroatoms. The number of amides is 1. The molecule has 0 radical (unpaired) electrons. The number of aliphatic hydroxyl groups excluding tert-OH is 1. The minimum absolute atomic E-state index is 0.00395. The van der Waals surface area contributed by atoms with Crippen molar-refractivity contribution >= 4 is 18.5 Å². The van der Waals surface area contributed by atoms with Crippen LogP contribution in [-0.2, 0) is 4.79 Å². The van der Waals surface area contributed by atoms with Gasteiger partial charge in [0, 0.05) is 0 Å². The van der Waals surface area contributed by atoms with Gasteiger partial charge >= 0.3 is 0 Å². The summed E-state index contributed by atoms with van der Waals surface area (Å²) in [6, 6.07) is -0.111. The number of rotatable bonds is 4. The Morgan fingerprint density at radius 3 is 2.70 bits per heavy atom. The monoisotopic (exact) mass is 163 g/mol. The Bertz CT molecular complexity index is 104. The lowest BCUT2D eigenvalue weighted by Gasteiger charge is -2.12. The van der Waals surface area contributed by atoms with Gasteiger partial charge in [-0.1, -0.05) is 6.92 Å². The summed E-state index contributed by atoms with van der Waals surface area (Å²) < 4.78 is 0. The van der Waals surface area contributed by atoms with Gasteiger partial charge in [0.25, 0.3) is 0 Å². The molecule has 0 saturated carbocycles. The standard InChI is InChI=1S/C6H13NO2S/c1-2-5(3-8)7-6(9)4-10/h5,8,10H,2-4H2,1H3,(H,7,9). The Hall–Kier alpha value is -0.220. The molecule has 0 saturated heterocycles. The van der Waals surface area contributed by atoms with Gasteiger partial charge in [0.15, 0.2) is 0 Å². The quantitative estimate of drug-likeness (QED) is 0.503. The number of carbonyl (C=O) groups excluding carboxylic acids is 1. The summed E-state index contributed by atoms with van der Waals surface area (Å²) in [7, 11) is 0. The van der Waals surface area contributed by atoms with Crippen LogP contribution in [0.1, 0.15) is 13.3 Å². The molecule has 0 aliphatic carbocycles. The molecule has 60 valence electrons. The second kappa shape index (κ2) is 5.56. The van der Waals surface area contributed by atoms with Crippen LogP contribution in [-0.4, -0.2) is 29.4 Å². The van der Waals surface area contributed by atoms with Gasteiger partial charge < -0.3 is 10.4 Å². The van der Waals surface area contributed by atoms with Gasteiger partial charge in [-0.15, -0.1) is 0 Å². The topological polar surface area (TPSA) is 49.3 Å². The first-order chi connectivity index (χ1) is 4.74. The largest absolute Gasteiger partial charge is 0.394 e. The second-order valence-electron chi connectivity index (χ2n) is 2.01. The van der Waals surface area contributed by atoms with Crippen molar-refractivity contribution in [2.75, 3.05) is 12.4 Å². The smallest absolute Gasteiger partial charge is 0.230 e. The van der Waals surface area contributed by atoms with E-state index in [1.54, 1.807) is 0 Å². The van der Waals surface area contributed by atoms with Crippen LogP contribution >= 0.6 is 12.6 Å². The van der Waals surface area contributed by atoms with Crippen LogP contribution in [0.25, 0.3) is 0 Å². The maximum absolute atomic E-state index is 10.6. The lowest BCUT2D eigenvalue weighted by Crippen LogP contribution is -2.37. The van der Waals surface area contributed by atoms with Gasteiger partial charge in [0.05, 0.1) is 18.4 Å². The maximum Gasteiger partial charge on any atom is 0.230 e. The van der Waals surface area contributed by atoms with E-state index >= 15 is 0 Å². The van der Waals surface area contributed by atoms with Crippen molar-refractivity contribution in [1.82, 2.24) is 5.32 Å². The highest BCUT2D eigenvalue weighted by molar-refractivity contribution is 7.81. The summed E-state index contributed by atoms with van der Waals surface area (Å²) in [6.07, 6.45) is 0.746. The van der Waals surface area contributed by atoms with Crippen LogP contribution in [0.5, 0.6) is 0 Å². The average Bonchev–Trinajstić information content (AvgIpc) is 1.99. The van der Waals surface area contributed by atoms with E-state index in [9.17, 15) is 4.79 Å². The van der Waals surface area contributed by atoms with Crippen LogP contribution in [0.15, 0.2) is 0 Å². The fraction of sp³-hybridized carbons (Fsp3) is 0.833. The number of hydrogen-bond donors (Lipinski definition) is 3. The molecular weight excluding hydrogens is 150 g/mol. The molecular formula is C6H13NO2S. The normalized spacial score (nSPS) is 12.7. The van der Waals surface area contributed by atoms with Crippen molar-refractivity contribution in [3.63, 3.8) is 0 Å². The van der Waals surface area contributed by atoms with Crippen LogP contribution in [0, 0.1) is 0 Å². The van der Waals surface area contributed by atoms with Gasteiger partial charge in [-0.2, -0.15) is 12.6 Å². The molecule has 0 aliphatic heterocycles. The first-order valence-electron chi connectivity index (χ1n) is 3.25. The summed E-state index contributed by atoms with van der Waals surface area (Å²) in [5.74, 6) is 0.0421. The highest BCUT2D eigenvalue weighted by Crippen LogP contribution is 1.88. The molecule has 0 rings (SSSR count). The van der Waals surface area contributed by atoms with E-state index in [-0.39, 0.29) is 24.3 Å². The molecule has 0 aromatic carbocycles. The molecule has 1 unspecified atom stereocenters. The molecule has 1 atom stereocenters. The zero-order chi connectivity index (χ0) is 7.98. The summed E-state index contributed by atoms with van der Waals surface area (Å²) >= 11 is 3.77. The molecule has 0 aliphatic rings. The second-order valence-corrected chi connectivity index (χ2v) is 2.33. The predicted octanol–water partition coefficient (Wildman–Crippen LogP) is -0.197. The SMILES string of the molecule is CCC(CO)NC(=O)CS. The van der Waals surface area contributed by atoms with Crippen LogP contribution in [0.2, 0.25) is 0 Å². The Morgan fingerprint density at radius 2 is 2.40 bits per heavy atom. The Labute approximate surface area is 66.2 Å². The molecule has 2 N–H and O–H groups in total. The first-order valence-corrected chi connectivity index (χ1v) is 3.88. The lowest BCUT2D eigenvalue weighted by molar-refractivity contribution is -0.119. The van der Waals surface area contributed by atoms with E-state index in [2.05, 4.69) is 17.9 Å². The summed E-state index contributed by atoms with van der Waals surface area (Å²) in [5.41, 5.74) is 0. The van der Waals surface area contributed by atoms with Crippen molar-refractivity contribution in [3.05, 3.63) is 0 Å². The first kappa shape index (κ1) is 9.78. The lowest BCUT2D eigenvalue weighted by atomic mass is 10.2. The Kier molecular flexibility index (Phi) is 5.43. The highest BCUT2D eigenvalue weighted by Gasteiger charge is 2.05. The van der Waals surface area contributed by atoms with Crippen LogP contribution < -0.4 is 5.32 Å². The van der Waals surface area contributed by atoms with E-state index in [0.29, 0.717) is 0 Å². The molecule has 0 fully saturated rings. The highest BCUT2D eigenvalue weighted by atomic mass is 32.1. The Morgan fingerprint density at radius 1 is 1.80 bits per heavy atom. The number of hydrogen-bond acceptors (Lipinski definition) is 3. The summed E-state index contributed by atoms with van der Waals surface area (Å²) in [6.45, 7) is 1.90. The molecule has 0 heterocycles. The Balaban J connectivity index is 3.52. The third-order valence-corrected chi connectivity index (χ3v) is 1.51. The number of nitrogens with one attached hydrogen (secondary N) is 1. The number of aliphatic hydroxyl groups is 1. The van der Waals surface area contributed by atoms with Crippen LogP contribution in [0.3, 0.4) is 0 Å². The molecule has 1 amide bonds. The maximum atomic E-state index is 10.6. The zero-order valence-electron chi connectivity index (χ0n) is 6.00. The van der Waals surface area contributed by atoms with Crippen molar-refractivity contribution in [3.8, 4) is 0 Å². The van der Waals surface area contributed by atoms with Gasteiger partial charge in [-0.05, 0) is 6.42 Å². The summed E-state index contributed by atoms with van der Waals surface area (Å²) in [5, 5.41) is 11.2. The van der Waals surface area contributed by atoms with Crippen molar-refractivity contribution in [2.24, 2.45) is 0 Å². The molecule has 0 aromatic rings. The van der Waals surface area contributed by atoms with Gasteiger partial charge in [-0.25, -0.2) is 0 Å². The molecule has 3 nitrogen and oxygen atoms in total. The zero-order valence-corrected chi connectivity index (χ0v) is 6.90. The van der Waals surface area contributed by atoms with Gasteiger partial charge in [-0.3, -0.25) is 4.79 Å². The molecule has 0 bridgehead atoms. The van der Waals surface area contributed by atoms with Crippen molar-refractivity contribution < 1.29 is 9.90 Å². The number of thiol groups is 1. The van der Waals surface area contributed by atoms with E-state index < -0.39 is 0 Å². The molecule has 0 spiro atoms. The van der Waals surface area contributed by atoms with E-state index in [1.165, 1.54) is 0 Å². The fourth-order valence-corrected chi connectivity index (χ4v) is 0.641. The van der Waals surface area contributed by atoms with Gasteiger partial charge in [0.2, 0.25) is 5.91 Å². The van der Waals surface area contributed by atoms with Gasteiger partial charge in [0.1, 0.15) is 0 Å². The predicted molar refractivity (Wildman–Crippen MR) is 43.2 cm³/mol. The van der Waals surface area contributed by atoms with E-state index in [1.807, 2.05) is 6.92 Å². The molecule has 10 heavy (non-hydrogen) atoms. The molecule has 0 aromatic heterocycles. The fourth-order valence-electron chi connectivity index (χ4n) is 0.550.